The van der Waals surface area contributed by atoms with Crippen LogP contribution < -0.4 is 0 Å². The molecule has 2 bridgehead atoms. The van der Waals surface area contributed by atoms with E-state index in [9.17, 15) is 15.3 Å². The fourth-order valence-electron chi connectivity index (χ4n) is 7.45. The molecular weight excluding hydrogens is 484 g/mol. The number of nitrogens with zero attached hydrogens (tertiary/aromatic N) is 6. The van der Waals surface area contributed by atoms with Gasteiger partial charge in [0, 0.05) is 31.6 Å². The van der Waals surface area contributed by atoms with Crippen molar-refractivity contribution in [2.24, 2.45) is 5.41 Å². The first kappa shape index (κ1) is 25.2. The lowest BCUT2D eigenvalue weighted by atomic mass is 9.63. The average molecular weight is 517 g/mol. The first-order chi connectivity index (χ1) is 18.8. The van der Waals surface area contributed by atoms with Crippen LogP contribution in [0.3, 0.4) is 0 Å². The SMILES string of the molecule is CC12CCC(C(=O)N3CCN(C(c4ccccc4)c4ccccc4)CC3)(c3nc(C#N)c(C#N)nc31)C2(C)C. The number of carbonyl (C=O) groups excluding carboxylic acids is 1. The zero-order chi connectivity index (χ0) is 27.4. The van der Waals surface area contributed by atoms with Crippen molar-refractivity contribution < 1.29 is 4.79 Å². The number of rotatable bonds is 4. The van der Waals surface area contributed by atoms with Crippen LogP contribution in [0.15, 0.2) is 60.7 Å². The largest absolute Gasteiger partial charge is 0.339 e. The van der Waals surface area contributed by atoms with Gasteiger partial charge in [-0.05, 0) is 29.4 Å². The van der Waals surface area contributed by atoms with Crippen LogP contribution in [0, 0.1) is 28.1 Å². The van der Waals surface area contributed by atoms with Crippen molar-refractivity contribution in [3.05, 3.63) is 94.6 Å². The molecule has 1 aromatic heterocycles. The molecule has 3 aromatic rings. The van der Waals surface area contributed by atoms with Crippen molar-refractivity contribution in [3.8, 4) is 12.1 Å². The van der Waals surface area contributed by atoms with Gasteiger partial charge in [0.25, 0.3) is 0 Å². The van der Waals surface area contributed by atoms with E-state index in [0.29, 0.717) is 25.2 Å². The second-order valence-electron chi connectivity index (χ2n) is 11.8. The normalized spacial score (nSPS) is 25.2. The lowest BCUT2D eigenvalue weighted by molar-refractivity contribution is -0.143. The lowest BCUT2D eigenvalue weighted by Crippen LogP contribution is -2.58. The highest BCUT2D eigenvalue weighted by atomic mass is 16.2. The summed E-state index contributed by atoms with van der Waals surface area (Å²) in [6.45, 7) is 9.15. The number of benzene rings is 2. The van der Waals surface area contributed by atoms with Gasteiger partial charge in [-0.25, -0.2) is 9.97 Å². The Morgan fingerprint density at radius 2 is 1.31 bits per heavy atom. The van der Waals surface area contributed by atoms with Crippen LogP contribution in [-0.2, 0) is 15.6 Å². The molecular formula is C32H32N6O. The molecule has 1 saturated carbocycles. The van der Waals surface area contributed by atoms with Crippen molar-refractivity contribution >= 4 is 5.91 Å². The number of carbonyl (C=O) groups is 1. The molecule has 7 nitrogen and oxygen atoms in total. The highest BCUT2D eigenvalue weighted by Crippen LogP contribution is 2.70. The number of piperazine rings is 1. The summed E-state index contributed by atoms with van der Waals surface area (Å²) in [4.78, 5) is 28.3. The molecule has 2 unspecified atom stereocenters. The van der Waals surface area contributed by atoms with Crippen LogP contribution >= 0.6 is 0 Å². The van der Waals surface area contributed by atoms with Gasteiger partial charge in [0.1, 0.15) is 12.1 Å². The minimum Gasteiger partial charge on any atom is -0.339 e. The molecule has 2 heterocycles. The molecule has 2 atom stereocenters. The molecule has 6 rings (SSSR count). The lowest BCUT2D eigenvalue weighted by Gasteiger charge is -2.45. The van der Waals surface area contributed by atoms with Crippen molar-refractivity contribution in [2.75, 3.05) is 26.2 Å². The Kier molecular flexibility index (Phi) is 5.82. The molecule has 1 aliphatic heterocycles. The van der Waals surface area contributed by atoms with E-state index in [1.54, 1.807) is 0 Å². The topological polar surface area (TPSA) is 96.9 Å². The van der Waals surface area contributed by atoms with Gasteiger partial charge in [-0.1, -0.05) is 81.4 Å². The monoisotopic (exact) mass is 516 g/mol. The Hall–Kier alpha value is -4.07. The molecule has 7 heteroatoms. The third kappa shape index (κ3) is 3.40. The van der Waals surface area contributed by atoms with Crippen molar-refractivity contribution in [2.45, 2.75) is 50.5 Å². The van der Waals surface area contributed by atoms with Gasteiger partial charge < -0.3 is 4.90 Å². The minimum atomic E-state index is -0.857. The summed E-state index contributed by atoms with van der Waals surface area (Å²) >= 11 is 0. The van der Waals surface area contributed by atoms with E-state index in [1.807, 2.05) is 29.2 Å². The van der Waals surface area contributed by atoms with Crippen molar-refractivity contribution in [1.82, 2.24) is 19.8 Å². The number of amides is 1. The molecule has 3 aliphatic rings. The summed E-state index contributed by atoms with van der Waals surface area (Å²) in [5, 5.41) is 19.3. The first-order valence-electron chi connectivity index (χ1n) is 13.6. The third-order valence-electron chi connectivity index (χ3n) is 10.0. The number of hydrogen-bond donors (Lipinski definition) is 0. The van der Waals surface area contributed by atoms with E-state index < -0.39 is 16.2 Å². The predicted molar refractivity (Wildman–Crippen MR) is 146 cm³/mol. The number of fused-ring (bicyclic) bond motifs is 5. The Balaban J connectivity index is 1.32. The molecule has 39 heavy (non-hydrogen) atoms. The highest BCUT2D eigenvalue weighted by Gasteiger charge is 2.73. The second kappa shape index (κ2) is 9.00. The molecule has 2 fully saturated rings. The first-order valence-corrected chi connectivity index (χ1v) is 13.6. The van der Waals surface area contributed by atoms with Gasteiger partial charge in [-0.2, -0.15) is 10.5 Å². The molecule has 2 aromatic carbocycles. The van der Waals surface area contributed by atoms with Gasteiger partial charge in [0.15, 0.2) is 11.4 Å². The summed E-state index contributed by atoms with van der Waals surface area (Å²) in [7, 11) is 0. The van der Waals surface area contributed by atoms with Gasteiger partial charge in [-0.3, -0.25) is 9.69 Å². The Labute approximate surface area is 229 Å². The molecule has 1 saturated heterocycles. The molecule has 0 spiro atoms. The Morgan fingerprint density at radius 1 is 0.795 bits per heavy atom. The molecule has 0 N–H and O–H groups in total. The maximum absolute atomic E-state index is 14.6. The fraction of sp³-hybridized carbons (Fsp3) is 0.406. The minimum absolute atomic E-state index is 0.00811. The Bertz CT molecular complexity index is 1470. The predicted octanol–water partition coefficient (Wildman–Crippen LogP) is 4.48. The Morgan fingerprint density at radius 3 is 1.82 bits per heavy atom. The maximum atomic E-state index is 14.6. The second-order valence-corrected chi connectivity index (χ2v) is 11.8. The van der Waals surface area contributed by atoms with E-state index >= 15 is 0 Å². The summed E-state index contributed by atoms with van der Waals surface area (Å²) in [6.07, 6.45) is 1.47. The third-order valence-corrected chi connectivity index (χ3v) is 10.0. The van der Waals surface area contributed by atoms with E-state index in [2.05, 4.69) is 84.2 Å². The van der Waals surface area contributed by atoms with E-state index in [1.165, 1.54) is 11.1 Å². The van der Waals surface area contributed by atoms with Crippen LogP contribution in [0.4, 0.5) is 0 Å². The van der Waals surface area contributed by atoms with Crippen LogP contribution in [0.1, 0.15) is 73.6 Å². The smallest absolute Gasteiger partial charge is 0.235 e. The quantitative estimate of drug-likeness (QED) is 0.507. The summed E-state index contributed by atoms with van der Waals surface area (Å²) < 4.78 is 0. The van der Waals surface area contributed by atoms with E-state index in [-0.39, 0.29) is 23.3 Å². The summed E-state index contributed by atoms with van der Waals surface area (Å²) in [5.41, 5.74) is 2.17. The zero-order valence-electron chi connectivity index (χ0n) is 22.7. The van der Waals surface area contributed by atoms with Crippen molar-refractivity contribution in [3.63, 3.8) is 0 Å². The van der Waals surface area contributed by atoms with Gasteiger partial charge >= 0.3 is 0 Å². The van der Waals surface area contributed by atoms with Crippen LogP contribution in [0.2, 0.25) is 0 Å². The fourth-order valence-corrected chi connectivity index (χ4v) is 7.45. The molecule has 196 valence electrons. The average Bonchev–Trinajstić information content (AvgIpc) is 3.27. The molecule has 2 aliphatic carbocycles. The van der Waals surface area contributed by atoms with Gasteiger partial charge in [0.2, 0.25) is 5.91 Å². The van der Waals surface area contributed by atoms with E-state index in [0.717, 1.165) is 25.2 Å². The van der Waals surface area contributed by atoms with Gasteiger partial charge in [-0.15, -0.1) is 0 Å². The van der Waals surface area contributed by atoms with E-state index in [4.69, 9.17) is 0 Å². The number of hydrogen-bond acceptors (Lipinski definition) is 6. The molecule has 1 amide bonds. The van der Waals surface area contributed by atoms with Crippen LogP contribution in [0.5, 0.6) is 0 Å². The van der Waals surface area contributed by atoms with Crippen LogP contribution in [-0.4, -0.2) is 51.9 Å². The maximum Gasteiger partial charge on any atom is 0.235 e. The number of nitriles is 2. The number of aromatic nitrogens is 2. The summed E-state index contributed by atoms with van der Waals surface area (Å²) in [5.74, 6) is 0.0773. The standard InChI is InChI=1S/C32H32N6O/c1-30(2)31(3)14-15-32(30,28-27(31)35-24(20-33)25(21-34)36-28)29(39)38-18-16-37(17-19-38)26(22-10-6-4-7-11-22)23-12-8-5-9-13-23/h4-13,26H,14-19H2,1-3H3. The summed E-state index contributed by atoms with van der Waals surface area (Å²) in [6, 6.07) is 25.3. The highest BCUT2D eigenvalue weighted by molar-refractivity contribution is 5.92. The van der Waals surface area contributed by atoms with Gasteiger partial charge in [0.05, 0.1) is 22.8 Å². The molecule has 0 radical (unpaired) electrons. The zero-order valence-corrected chi connectivity index (χ0v) is 22.7. The van der Waals surface area contributed by atoms with Crippen LogP contribution in [0.25, 0.3) is 0 Å². The van der Waals surface area contributed by atoms with Crippen molar-refractivity contribution in [1.29, 1.82) is 10.5 Å².